The zero-order valence-electron chi connectivity index (χ0n) is 39.2. The molecule has 1 heterocycles. The summed E-state index contributed by atoms with van der Waals surface area (Å²) in [6.07, 6.45) is 0. The molecule has 0 aliphatic carbocycles. The van der Waals surface area contributed by atoms with Crippen molar-refractivity contribution in [3.63, 3.8) is 0 Å². The zero-order valence-corrected chi connectivity index (χ0v) is 41.2. The molecule has 67 heavy (non-hydrogen) atoms. The number of fused-ring (bicyclic) bond motifs is 7. The Morgan fingerprint density at radius 1 is 0.313 bits per heavy atom. The number of benzene rings is 10. The van der Waals surface area contributed by atoms with E-state index in [1.54, 1.807) is 0 Å². The fourth-order valence-corrected chi connectivity index (χ4v) is 12.4. The highest BCUT2D eigenvalue weighted by Crippen LogP contribution is 2.50. The average Bonchev–Trinajstić information content (AvgIpc) is 3.69. The first-order valence-corrected chi connectivity index (χ1v) is 30.5. The normalized spacial score (nSPS) is 12.0. The topological polar surface area (TPSA) is 11.4 Å². The van der Waals surface area contributed by atoms with Crippen molar-refractivity contribution in [2.24, 2.45) is 0 Å². The van der Waals surface area contributed by atoms with Gasteiger partial charge >= 0.3 is 0 Å². The molecule has 0 unspecified atom stereocenters. The van der Waals surface area contributed by atoms with Crippen LogP contribution in [0, 0.1) is 0 Å². The first kappa shape index (κ1) is 42.2. The minimum Gasteiger partial charge on any atom is -0.310 e. The molecular weight excluding hydrogens is 843 g/mol. The molecule has 11 aromatic rings. The third-order valence-electron chi connectivity index (χ3n) is 13.4. The molecule has 0 atom stereocenters. The van der Waals surface area contributed by atoms with Crippen molar-refractivity contribution in [2.45, 2.75) is 39.3 Å². The van der Waals surface area contributed by atoms with Crippen molar-refractivity contribution in [3.8, 4) is 16.8 Å². The predicted octanol–water partition coefficient (Wildman–Crippen LogP) is 16.8. The molecule has 5 heteroatoms. The van der Waals surface area contributed by atoms with Crippen LogP contribution >= 0.6 is 0 Å². The van der Waals surface area contributed by atoms with Gasteiger partial charge in [0.25, 0.3) is 0 Å². The van der Waals surface area contributed by atoms with E-state index >= 15 is 0 Å². The summed E-state index contributed by atoms with van der Waals surface area (Å²) < 4.78 is 2.54. The average molecular weight is 898 g/mol. The first-order valence-electron chi connectivity index (χ1n) is 23.5. The van der Waals surface area contributed by atoms with Crippen LogP contribution in [0.3, 0.4) is 0 Å². The van der Waals surface area contributed by atoms with E-state index in [2.05, 4.69) is 278 Å². The van der Waals surface area contributed by atoms with E-state index in [9.17, 15) is 0 Å². The van der Waals surface area contributed by atoms with Crippen LogP contribution < -0.4 is 20.2 Å². The molecule has 0 amide bonds. The maximum atomic E-state index is 2.54. The third kappa shape index (κ3) is 7.64. The maximum absolute atomic E-state index is 2.54. The van der Waals surface area contributed by atoms with Crippen molar-refractivity contribution in [1.82, 2.24) is 4.57 Å². The molecular formula is C62H55N3Si2. The van der Waals surface area contributed by atoms with Crippen LogP contribution in [0.25, 0.3) is 60.2 Å². The maximum Gasteiger partial charge on any atom is 0.0775 e. The Labute approximate surface area is 396 Å². The summed E-state index contributed by atoms with van der Waals surface area (Å²) in [5, 5.41) is 10.2. The minimum absolute atomic E-state index is 1.11. The Balaban J connectivity index is 1.28. The van der Waals surface area contributed by atoms with Gasteiger partial charge in [-0.05, 0) is 94.7 Å². The number of para-hydroxylation sites is 2. The second kappa shape index (κ2) is 16.8. The van der Waals surface area contributed by atoms with Crippen LogP contribution in [0.2, 0.25) is 39.3 Å². The van der Waals surface area contributed by atoms with E-state index < -0.39 is 16.1 Å². The SMILES string of the molecule is C[Si](C)(C)c1ccc(N(c2ccccc2)c2cc3c(c4ccccc24)c2c4ccccc4c(N(c4ccccc4)c4ccc([Si](C)(C)C)cc4)cc2n3-c2cccc(-c3ccccc3)c2)cc1. The number of nitrogens with zero attached hydrogens (tertiary/aromatic N) is 3. The number of anilines is 6. The van der Waals surface area contributed by atoms with Gasteiger partial charge in [-0.15, -0.1) is 0 Å². The van der Waals surface area contributed by atoms with Gasteiger partial charge in [-0.1, -0.05) is 201 Å². The zero-order chi connectivity index (χ0) is 45.9. The van der Waals surface area contributed by atoms with Crippen LogP contribution in [0.1, 0.15) is 0 Å². The van der Waals surface area contributed by atoms with Gasteiger partial charge in [0.15, 0.2) is 0 Å². The Morgan fingerprint density at radius 3 is 1.09 bits per heavy atom. The summed E-state index contributed by atoms with van der Waals surface area (Å²) in [6.45, 7) is 14.5. The molecule has 326 valence electrons. The molecule has 0 fully saturated rings. The lowest BCUT2D eigenvalue weighted by atomic mass is 9.96. The lowest BCUT2D eigenvalue weighted by Gasteiger charge is -2.28. The highest BCUT2D eigenvalue weighted by Gasteiger charge is 2.27. The van der Waals surface area contributed by atoms with Crippen LogP contribution in [0.15, 0.2) is 224 Å². The number of hydrogen-bond donors (Lipinski definition) is 0. The largest absolute Gasteiger partial charge is 0.310 e. The van der Waals surface area contributed by atoms with Gasteiger partial charge in [-0.2, -0.15) is 0 Å². The molecule has 0 aliphatic rings. The van der Waals surface area contributed by atoms with Crippen LogP contribution in [-0.4, -0.2) is 20.7 Å². The minimum atomic E-state index is -1.54. The Bertz CT molecular complexity index is 3370. The van der Waals surface area contributed by atoms with Crippen LogP contribution in [0.5, 0.6) is 0 Å². The summed E-state index contributed by atoms with van der Waals surface area (Å²) in [4.78, 5) is 4.92. The summed E-state index contributed by atoms with van der Waals surface area (Å²) in [5.74, 6) is 0. The van der Waals surface area contributed by atoms with Gasteiger partial charge < -0.3 is 14.4 Å². The Morgan fingerprint density at radius 2 is 0.672 bits per heavy atom. The highest BCUT2D eigenvalue weighted by atomic mass is 28.3. The monoisotopic (exact) mass is 897 g/mol. The molecule has 0 radical (unpaired) electrons. The lowest BCUT2D eigenvalue weighted by Crippen LogP contribution is -2.37. The van der Waals surface area contributed by atoms with Crippen molar-refractivity contribution in [2.75, 3.05) is 9.80 Å². The molecule has 0 saturated carbocycles. The van der Waals surface area contributed by atoms with E-state index in [0.29, 0.717) is 0 Å². The van der Waals surface area contributed by atoms with Crippen molar-refractivity contribution < 1.29 is 0 Å². The Hall–Kier alpha value is -7.45. The third-order valence-corrected chi connectivity index (χ3v) is 17.6. The van der Waals surface area contributed by atoms with Gasteiger partial charge in [0, 0.05) is 50.0 Å². The number of rotatable bonds is 10. The second-order valence-electron chi connectivity index (χ2n) is 19.9. The number of aromatic nitrogens is 1. The molecule has 3 nitrogen and oxygen atoms in total. The second-order valence-corrected chi connectivity index (χ2v) is 30.0. The number of hydrogen-bond acceptors (Lipinski definition) is 2. The smallest absolute Gasteiger partial charge is 0.0775 e. The van der Waals surface area contributed by atoms with E-state index in [1.807, 2.05) is 0 Å². The predicted molar refractivity (Wildman–Crippen MR) is 297 cm³/mol. The summed E-state index contributed by atoms with van der Waals surface area (Å²) >= 11 is 0. The van der Waals surface area contributed by atoms with Gasteiger partial charge in [0.05, 0.1) is 38.6 Å². The molecule has 11 rings (SSSR count). The van der Waals surface area contributed by atoms with E-state index in [1.165, 1.54) is 53.8 Å². The van der Waals surface area contributed by atoms with E-state index in [0.717, 1.165) is 50.8 Å². The van der Waals surface area contributed by atoms with E-state index in [-0.39, 0.29) is 0 Å². The fraction of sp³-hybridized carbons (Fsp3) is 0.0968. The van der Waals surface area contributed by atoms with Gasteiger partial charge in [0.1, 0.15) is 0 Å². The summed E-state index contributed by atoms with van der Waals surface area (Å²) in [5.41, 5.74) is 12.6. The molecule has 0 spiro atoms. The van der Waals surface area contributed by atoms with Crippen molar-refractivity contribution in [3.05, 3.63) is 224 Å². The van der Waals surface area contributed by atoms with Crippen LogP contribution in [-0.2, 0) is 0 Å². The van der Waals surface area contributed by atoms with Crippen molar-refractivity contribution in [1.29, 1.82) is 0 Å². The first-order chi connectivity index (χ1) is 32.5. The van der Waals surface area contributed by atoms with Gasteiger partial charge in [-0.3, -0.25) is 0 Å². The van der Waals surface area contributed by atoms with Crippen molar-refractivity contribution >= 4 is 104 Å². The highest BCUT2D eigenvalue weighted by molar-refractivity contribution is 6.89. The molecule has 1 aromatic heterocycles. The quantitative estimate of drug-likeness (QED) is 0.127. The van der Waals surface area contributed by atoms with Gasteiger partial charge in [-0.25, -0.2) is 0 Å². The standard InChI is InChI=1S/C62H55N3Si2/c1-66(2,3)51-37-33-48(34-38-51)63(46-24-12-8-13-25-46)57-42-59-61(55-31-18-16-29-53(55)57)62-56-32-19-17-30-54(56)58(43-60(62)65(59)50-28-20-23-45(41-50)44-21-10-7-11-22-44)64(47-26-14-9-15-27-47)49-35-39-52(40-36-49)67(4,5)6/h7-43H,1-6H3. The molecule has 0 N–H and O–H groups in total. The fourth-order valence-electron chi connectivity index (χ4n) is 10.0. The molecule has 10 aromatic carbocycles. The van der Waals surface area contributed by atoms with Gasteiger partial charge in [0.2, 0.25) is 0 Å². The van der Waals surface area contributed by atoms with E-state index in [4.69, 9.17) is 0 Å². The summed E-state index contributed by atoms with van der Waals surface area (Å²) in [7, 11) is -3.07. The lowest BCUT2D eigenvalue weighted by molar-refractivity contribution is 1.18. The molecule has 0 saturated heterocycles. The molecule has 0 aliphatic heterocycles. The molecule has 0 bridgehead atoms. The summed E-state index contributed by atoms with van der Waals surface area (Å²) in [6, 6.07) is 83.4. The Kier molecular flexibility index (Phi) is 10.6. The van der Waals surface area contributed by atoms with Crippen LogP contribution in [0.4, 0.5) is 34.1 Å².